The van der Waals surface area contributed by atoms with Crippen molar-refractivity contribution in [1.29, 1.82) is 0 Å². The predicted molar refractivity (Wildman–Crippen MR) is 115 cm³/mol. The van der Waals surface area contributed by atoms with Gasteiger partial charge in [-0.05, 0) is 23.8 Å². The molecular formula is C22H30N3O4S+. The molecule has 0 aromatic heterocycles. The molecule has 0 spiro atoms. The quantitative estimate of drug-likeness (QED) is 0.736. The van der Waals surface area contributed by atoms with E-state index in [4.69, 9.17) is 4.74 Å². The molecule has 0 bridgehead atoms. The Bertz CT molecular complexity index is 979. The molecule has 1 atom stereocenters. The summed E-state index contributed by atoms with van der Waals surface area (Å²) in [6.45, 7) is 3.47. The van der Waals surface area contributed by atoms with E-state index < -0.39 is 10.0 Å². The van der Waals surface area contributed by atoms with Crippen LogP contribution in [0.4, 0.5) is 0 Å². The summed E-state index contributed by atoms with van der Waals surface area (Å²) in [6, 6.07) is 14.0. The van der Waals surface area contributed by atoms with Crippen LogP contribution in [0.2, 0.25) is 0 Å². The summed E-state index contributed by atoms with van der Waals surface area (Å²) in [4.78, 5) is 16.3. The summed E-state index contributed by atoms with van der Waals surface area (Å²) in [5, 5.41) is 0. The number of hydrogen-bond acceptors (Lipinski definition) is 4. The van der Waals surface area contributed by atoms with E-state index in [-0.39, 0.29) is 23.1 Å². The molecule has 1 unspecified atom stereocenters. The van der Waals surface area contributed by atoms with Crippen molar-refractivity contribution in [2.45, 2.75) is 17.9 Å². The second-order valence-corrected chi connectivity index (χ2v) is 9.73. The van der Waals surface area contributed by atoms with E-state index in [2.05, 4.69) is 7.05 Å². The SMILES string of the molecule is COc1ccc(C(=O)N2CCC[NH+](C)CC2)cc1S(=O)(=O)N(C)Cc1ccccc1. The number of quaternary nitrogens is 1. The van der Waals surface area contributed by atoms with Crippen LogP contribution in [-0.2, 0) is 16.6 Å². The van der Waals surface area contributed by atoms with Crippen LogP contribution in [-0.4, -0.2) is 70.9 Å². The van der Waals surface area contributed by atoms with Crippen molar-refractivity contribution < 1.29 is 22.8 Å². The number of carbonyl (C=O) groups is 1. The summed E-state index contributed by atoms with van der Waals surface area (Å²) in [5.41, 5.74) is 1.24. The number of hydrogen-bond donors (Lipinski definition) is 1. The van der Waals surface area contributed by atoms with Gasteiger partial charge in [-0.3, -0.25) is 4.79 Å². The molecule has 1 aliphatic rings. The van der Waals surface area contributed by atoms with Gasteiger partial charge in [0.1, 0.15) is 10.6 Å². The summed E-state index contributed by atoms with van der Waals surface area (Å²) >= 11 is 0. The first-order valence-electron chi connectivity index (χ1n) is 10.1. The minimum absolute atomic E-state index is 0.00634. The number of carbonyl (C=O) groups excluding carboxylic acids is 1. The molecule has 7 nitrogen and oxygen atoms in total. The number of sulfonamides is 1. The Morgan fingerprint density at radius 2 is 1.87 bits per heavy atom. The second-order valence-electron chi connectivity index (χ2n) is 7.72. The van der Waals surface area contributed by atoms with Crippen molar-refractivity contribution >= 4 is 15.9 Å². The maximum Gasteiger partial charge on any atom is 0.254 e. The second kappa shape index (κ2) is 9.59. The van der Waals surface area contributed by atoms with Crippen LogP contribution in [0.15, 0.2) is 53.4 Å². The first-order valence-corrected chi connectivity index (χ1v) is 11.6. The van der Waals surface area contributed by atoms with Crippen molar-refractivity contribution in [2.24, 2.45) is 0 Å². The first-order chi connectivity index (χ1) is 14.3. The zero-order valence-electron chi connectivity index (χ0n) is 17.8. The van der Waals surface area contributed by atoms with E-state index in [1.54, 1.807) is 12.1 Å². The molecule has 162 valence electrons. The molecule has 1 amide bonds. The average Bonchev–Trinajstić information content (AvgIpc) is 2.97. The molecule has 3 rings (SSSR count). The maximum atomic E-state index is 13.3. The van der Waals surface area contributed by atoms with E-state index >= 15 is 0 Å². The molecule has 1 aliphatic heterocycles. The number of likely N-dealkylation sites (N-methyl/N-ethyl adjacent to an activating group) is 1. The van der Waals surface area contributed by atoms with Gasteiger partial charge >= 0.3 is 0 Å². The zero-order valence-corrected chi connectivity index (χ0v) is 18.6. The Hall–Kier alpha value is -2.42. The fourth-order valence-corrected chi connectivity index (χ4v) is 4.96. The van der Waals surface area contributed by atoms with Crippen molar-refractivity contribution in [2.75, 3.05) is 47.4 Å². The van der Waals surface area contributed by atoms with Crippen LogP contribution in [0.3, 0.4) is 0 Å². The number of nitrogens with zero attached hydrogens (tertiary/aromatic N) is 2. The van der Waals surface area contributed by atoms with Crippen LogP contribution in [0.1, 0.15) is 22.3 Å². The molecule has 2 aromatic rings. The highest BCUT2D eigenvalue weighted by atomic mass is 32.2. The fourth-order valence-electron chi connectivity index (χ4n) is 3.62. The van der Waals surface area contributed by atoms with Gasteiger partial charge in [0.25, 0.3) is 5.91 Å². The van der Waals surface area contributed by atoms with E-state index in [1.165, 1.54) is 29.4 Å². The summed E-state index contributed by atoms with van der Waals surface area (Å²) in [5.74, 6) is 0.0843. The van der Waals surface area contributed by atoms with E-state index in [0.29, 0.717) is 18.7 Å². The zero-order chi connectivity index (χ0) is 21.7. The van der Waals surface area contributed by atoms with Crippen LogP contribution in [0.25, 0.3) is 0 Å². The number of ether oxygens (including phenoxy) is 1. The minimum atomic E-state index is -3.85. The molecule has 0 aliphatic carbocycles. The van der Waals surface area contributed by atoms with Gasteiger partial charge in [0.05, 0.1) is 33.8 Å². The Labute approximate surface area is 178 Å². The topological polar surface area (TPSA) is 71.4 Å². The Morgan fingerprint density at radius 1 is 1.13 bits per heavy atom. The van der Waals surface area contributed by atoms with Gasteiger partial charge in [0, 0.05) is 32.1 Å². The molecule has 1 fully saturated rings. The molecule has 0 radical (unpaired) electrons. The highest BCUT2D eigenvalue weighted by molar-refractivity contribution is 7.89. The van der Waals surface area contributed by atoms with Crippen LogP contribution in [0, 0.1) is 0 Å². The van der Waals surface area contributed by atoms with Crippen molar-refractivity contribution in [3.05, 3.63) is 59.7 Å². The number of nitrogens with one attached hydrogen (secondary N) is 1. The lowest BCUT2D eigenvalue weighted by molar-refractivity contribution is -0.877. The smallest absolute Gasteiger partial charge is 0.254 e. The van der Waals surface area contributed by atoms with Gasteiger partial charge < -0.3 is 14.5 Å². The third-order valence-corrected chi connectivity index (χ3v) is 7.30. The van der Waals surface area contributed by atoms with Gasteiger partial charge in [0.2, 0.25) is 10.0 Å². The molecule has 0 saturated carbocycles. The Balaban J connectivity index is 1.89. The van der Waals surface area contributed by atoms with Gasteiger partial charge in [-0.2, -0.15) is 4.31 Å². The van der Waals surface area contributed by atoms with Crippen LogP contribution in [0.5, 0.6) is 5.75 Å². The van der Waals surface area contributed by atoms with Gasteiger partial charge in [-0.1, -0.05) is 30.3 Å². The fraction of sp³-hybridized carbons (Fsp3) is 0.409. The minimum Gasteiger partial charge on any atom is -0.495 e. The number of amides is 1. The molecular weight excluding hydrogens is 402 g/mol. The maximum absolute atomic E-state index is 13.3. The van der Waals surface area contributed by atoms with Crippen LogP contribution >= 0.6 is 0 Å². The Kier molecular flexibility index (Phi) is 7.12. The first kappa shape index (κ1) is 22.3. The molecule has 1 heterocycles. The molecule has 1 N–H and O–H groups in total. The predicted octanol–water partition coefficient (Wildman–Crippen LogP) is 0.877. The summed E-state index contributed by atoms with van der Waals surface area (Å²) < 4.78 is 33.2. The summed E-state index contributed by atoms with van der Waals surface area (Å²) in [7, 11) is 1.23. The number of methoxy groups -OCH3 is 1. The van der Waals surface area contributed by atoms with Gasteiger partial charge in [0.15, 0.2) is 0 Å². The highest BCUT2D eigenvalue weighted by Crippen LogP contribution is 2.28. The largest absolute Gasteiger partial charge is 0.495 e. The molecule has 8 heteroatoms. The monoisotopic (exact) mass is 432 g/mol. The van der Waals surface area contributed by atoms with Gasteiger partial charge in [-0.25, -0.2) is 8.42 Å². The van der Waals surface area contributed by atoms with Crippen molar-refractivity contribution in [3.8, 4) is 5.75 Å². The van der Waals surface area contributed by atoms with E-state index in [9.17, 15) is 13.2 Å². The lowest BCUT2D eigenvalue weighted by Crippen LogP contribution is -3.09. The standard InChI is InChI=1S/C22H29N3O4S/c1-23-12-7-13-25(15-14-23)22(26)19-10-11-20(29-3)21(16-19)30(27,28)24(2)17-18-8-5-4-6-9-18/h4-6,8-11,16H,7,12-15,17H2,1-3H3/p+1. The lowest BCUT2D eigenvalue weighted by atomic mass is 10.2. The van der Waals surface area contributed by atoms with Crippen molar-refractivity contribution in [1.82, 2.24) is 9.21 Å². The molecule has 30 heavy (non-hydrogen) atoms. The third-order valence-electron chi connectivity index (χ3n) is 5.47. The highest BCUT2D eigenvalue weighted by Gasteiger charge is 2.28. The third kappa shape index (κ3) is 5.00. The molecule has 1 saturated heterocycles. The van der Waals surface area contributed by atoms with Gasteiger partial charge in [-0.15, -0.1) is 0 Å². The average molecular weight is 433 g/mol. The number of benzene rings is 2. The van der Waals surface area contributed by atoms with E-state index in [0.717, 1.165) is 25.1 Å². The Morgan fingerprint density at radius 3 is 2.57 bits per heavy atom. The normalized spacial score (nSPS) is 17.6. The van der Waals surface area contributed by atoms with E-state index in [1.807, 2.05) is 35.2 Å². The summed E-state index contributed by atoms with van der Waals surface area (Å²) in [6.07, 6.45) is 0.929. The van der Waals surface area contributed by atoms with Crippen molar-refractivity contribution in [3.63, 3.8) is 0 Å². The van der Waals surface area contributed by atoms with Crippen LogP contribution < -0.4 is 9.64 Å². The lowest BCUT2D eigenvalue weighted by Gasteiger charge is -2.22. The number of rotatable bonds is 6. The molecule has 2 aromatic carbocycles.